The third-order valence-corrected chi connectivity index (χ3v) is 2.83. The van der Waals surface area contributed by atoms with Crippen LogP contribution in [0.25, 0.3) is 0 Å². The van der Waals surface area contributed by atoms with Crippen LogP contribution < -0.4 is 4.65 Å². The van der Waals surface area contributed by atoms with Gasteiger partial charge in [-0.15, -0.1) is 4.65 Å². The standard InChI is InChI=1S/C10H13N2O3/c13-11(14)9-5-1-2-6-10(9)12(15)7-3-4-8-12/h1-2,5-6,15H,3-4,7-8H2/q+1. The van der Waals surface area contributed by atoms with Gasteiger partial charge >= 0.3 is 5.69 Å². The van der Waals surface area contributed by atoms with Gasteiger partial charge in [-0.2, -0.15) is 0 Å². The summed E-state index contributed by atoms with van der Waals surface area (Å²) in [5, 5.41) is 21.0. The molecule has 0 bridgehead atoms. The van der Waals surface area contributed by atoms with Gasteiger partial charge in [-0.3, -0.25) is 10.1 Å². The molecule has 1 heterocycles. The molecule has 1 aliphatic heterocycles. The number of hydroxylamine groups is 2. The molecule has 5 nitrogen and oxygen atoms in total. The lowest BCUT2D eigenvalue weighted by molar-refractivity contribution is -0.385. The largest absolute Gasteiger partial charge is 0.332 e. The predicted octanol–water partition coefficient (Wildman–Crippen LogP) is 2.09. The summed E-state index contributed by atoms with van der Waals surface area (Å²) in [5.74, 6) is 0. The normalized spacial score (nSPS) is 19.0. The number of para-hydroxylation sites is 2. The minimum atomic E-state index is -0.441. The lowest BCUT2D eigenvalue weighted by atomic mass is 10.2. The Morgan fingerprint density at radius 1 is 1.27 bits per heavy atom. The van der Waals surface area contributed by atoms with Crippen LogP contribution in [0.3, 0.4) is 0 Å². The van der Waals surface area contributed by atoms with Gasteiger partial charge in [-0.05, 0) is 0 Å². The molecule has 0 unspecified atom stereocenters. The minimum absolute atomic E-state index is 0.00176. The van der Waals surface area contributed by atoms with Crippen LogP contribution in [0, 0.1) is 10.1 Å². The van der Waals surface area contributed by atoms with E-state index in [0.717, 1.165) is 12.8 Å². The van der Waals surface area contributed by atoms with Crippen LogP contribution in [0.5, 0.6) is 0 Å². The van der Waals surface area contributed by atoms with Gasteiger partial charge in [0.1, 0.15) is 13.1 Å². The molecule has 1 N–H and O–H groups in total. The van der Waals surface area contributed by atoms with Crippen LogP contribution in [0.1, 0.15) is 12.8 Å². The number of nitro groups is 1. The maximum absolute atomic E-state index is 10.8. The highest BCUT2D eigenvalue weighted by Crippen LogP contribution is 2.34. The first-order valence-electron chi connectivity index (χ1n) is 4.97. The second-order valence-electron chi connectivity index (χ2n) is 3.82. The fourth-order valence-electron chi connectivity index (χ4n) is 2.07. The lowest BCUT2D eigenvalue weighted by Crippen LogP contribution is -2.42. The molecular weight excluding hydrogens is 196 g/mol. The van der Waals surface area contributed by atoms with Gasteiger partial charge in [0.15, 0.2) is 0 Å². The van der Waals surface area contributed by atoms with Crippen molar-refractivity contribution < 1.29 is 10.1 Å². The Bertz CT molecular complexity index is 386. The molecule has 1 aliphatic rings. The first-order chi connectivity index (χ1) is 7.13. The molecule has 1 aromatic carbocycles. The van der Waals surface area contributed by atoms with Crippen molar-refractivity contribution in [2.45, 2.75) is 12.8 Å². The van der Waals surface area contributed by atoms with Gasteiger partial charge in [0.05, 0.1) is 4.92 Å². The highest BCUT2D eigenvalue weighted by atomic mass is 16.6. The molecule has 1 aromatic rings. The molecular formula is C10H13N2O3+. The molecule has 2 rings (SSSR count). The number of nitrogens with zero attached hydrogens (tertiary/aromatic N) is 2. The van der Waals surface area contributed by atoms with Crippen molar-refractivity contribution in [2.24, 2.45) is 0 Å². The highest BCUT2D eigenvalue weighted by molar-refractivity contribution is 5.59. The van der Waals surface area contributed by atoms with Crippen LogP contribution in [-0.4, -0.2) is 23.2 Å². The summed E-state index contributed by atoms with van der Waals surface area (Å²) in [6.45, 7) is 1.12. The quantitative estimate of drug-likeness (QED) is 0.460. The van der Waals surface area contributed by atoms with E-state index in [1.165, 1.54) is 6.07 Å². The topological polar surface area (TPSA) is 63.4 Å². The zero-order chi connectivity index (χ0) is 10.9. The molecule has 0 radical (unpaired) electrons. The summed E-state index contributed by atoms with van der Waals surface area (Å²) in [5.41, 5.74) is 0.405. The van der Waals surface area contributed by atoms with Crippen molar-refractivity contribution in [1.29, 1.82) is 0 Å². The number of quaternary nitrogens is 1. The van der Waals surface area contributed by atoms with E-state index < -0.39 is 4.92 Å². The van der Waals surface area contributed by atoms with Gasteiger partial charge in [0.25, 0.3) is 0 Å². The Balaban J connectivity index is 2.47. The maximum Gasteiger partial charge on any atom is 0.332 e. The summed E-state index contributed by atoms with van der Waals surface area (Å²) < 4.78 is -0.294. The molecule has 0 saturated carbocycles. The highest BCUT2D eigenvalue weighted by Gasteiger charge is 2.38. The fraction of sp³-hybridized carbons (Fsp3) is 0.400. The molecule has 0 amide bonds. The van der Waals surface area contributed by atoms with Crippen LogP contribution in [0.2, 0.25) is 0 Å². The summed E-state index contributed by atoms with van der Waals surface area (Å²) >= 11 is 0. The molecule has 5 heteroatoms. The van der Waals surface area contributed by atoms with Crippen molar-refractivity contribution in [3.63, 3.8) is 0 Å². The summed E-state index contributed by atoms with van der Waals surface area (Å²) in [6, 6.07) is 6.40. The van der Waals surface area contributed by atoms with Gasteiger partial charge in [-0.25, -0.2) is 5.21 Å². The maximum atomic E-state index is 10.8. The Morgan fingerprint density at radius 3 is 2.47 bits per heavy atom. The predicted molar refractivity (Wildman–Crippen MR) is 55.6 cm³/mol. The Labute approximate surface area is 87.3 Å². The van der Waals surface area contributed by atoms with Crippen LogP contribution in [-0.2, 0) is 0 Å². The summed E-state index contributed by atoms with van der Waals surface area (Å²) in [7, 11) is 0. The first kappa shape index (κ1) is 10.1. The Hall–Kier alpha value is -1.46. The zero-order valence-corrected chi connectivity index (χ0v) is 8.30. The lowest BCUT2D eigenvalue weighted by Gasteiger charge is -2.23. The molecule has 0 aromatic heterocycles. The molecule has 1 fully saturated rings. The first-order valence-corrected chi connectivity index (χ1v) is 4.97. The van der Waals surface area contributed by atoms with Crippen LogP contribution in [0.4, 0.5) is 11.4 Å². The van der Waals surface area contributed by atoms with Gasteiger partial charge in [0.2, 0.25) is 5.69 Å². The van der Waals surface area contributed by atoms with Crippen molar-refractivity contribution in [2.75, 3.05) is 13.1 Å². The second-order valence-corrected chi connectivity index (χ2v) is 3.82. The number of benzene rings is 1. The van der Waals surface area contributed by atoms with Gasteiger partial charge in [-0.1, -0.05) is 12.1 Å². The van der Waals surface area contributed by atoms with E-state index in [1.807, 2.05) is 0 Å². The molecule has 1 saturated heterocycles. The summed E-state index contributed by atoms with van der Waals surface area (Å²) in [4.78, 5) is 10.4. The minimum Gasteiger partial charge on any atom is -0.258 e. The molecule has 0 spiro atoms. The molecule has 0 atom stereocenters. The van der Waals surface area contributed by atoms with Crippen molar-refractivity contribution in [3.05, 3.63) is 34.4 Å². The number of hydrogen-bond donors (Lipinski definition) is 1. The monoisotopic (exact) mass is 209 g/mol. The Morgan fingerprint density at radius 2 is 1.87 bits per heavy atom. The van der Waals surface area contributed by atoms with Gasteiger partial charge in [0, 0.05) is 25.0 Å². The van der Waals surface area contributed by atoms with E-state index in [9.17, 15) is 15.3 Å². The van der Waals surface area contributed by atoms with E-state index >= 15 is 0 Å². The van der Waals surface area contributed by atoms with Crippen LogP contribution in [0.15, 0.2) is 24.3 Å². The third-order valence-electron chi connectivity index (χ3n) is 2.83. The SMILES string of the molecule is O=[N+]([O-])c1ccccc1[N+]1(O)CCCC1. The average Bonchev–Trinajstić information content (AvgIpc) is 2.66. The van der Waals surface area contributed by atoms with E-state index in [1.54, 1.807) is 18.2 Å². The van der Waals surface area contributed by atoms with Crippen LogP contribution >= 0.6 is 0 Å². The molecule has 80 valence electrons. The summed E-state index contributed by atoms with van der Waals surface area (Å²) in [6.07, 6.45) is 1.81. The van der Waals surface area contributed by atoms with E-state index in [4.69, 9.17) is 0 Å². The van der Waals surface area contributed by atoms with E-state index in [0.29, 0.717) is 18.8 Å². The van der Waals surface area contributed by atoms with Crippen molar-refractivity contribution in [3.8, 4) is 0 Å². The van der Waals surface area contributed by atoms with Crippen molar-refractivity contribution >= 4 is 11.4 Å². The van der Waals surface area contributed by atoms with E-state index in [2.05, 4.69) is 0 Å². The van der Waals surface area contributed by atoms with E-state index in [-0.39, 0.29) is 10.3 Å². The smallest absolute Gasteiger partial charge is 0.258 e. The number of hydrogen-bond acceptors (Lipinski definition) is 3. The number of rotatable bonds is 2. The number of nitro benzene ring substituents is 1. The van der Waals surface area contributed by atoms with Gasteiger partial charge < -0.3 is 0 Å². The third kappa shape index (κ3) is 1.71. The molecule has 15 heavy (non-hydrogen) atoms. The molecule has 0 aliphatic carbocycles. The second kappa shape index (κ2) is 3.60. The zero-order valence-electron chi connectivity index (χ0n) is 8.30. The Kier molecular flexibility index (Phi) is 2.42. The average molecular weight is 209 g/mol. The van der Waals surface area contributed by atoms with Crippen molar-refractivity contribution in [1.82, 2.24) is 4.65 Å². The fourth-order valence-corrected chi connectivity index (χ4v) is 2.07.